The van der Waals surface area contributed by atoms with Gasteiger partial charge in [-0.2, -0.15) is 0 Å². The number of imidazole rings is 1. The predicted molar refractivity (Wildman–Crippen MR) is 93.0 cm³/mol. The Hall–Kier alpha value is -3.48. The molecule has 1 N–H and O–H groups in total. The number of carbonyl (C=O) groups is 1. The summed E-state index contributed by atoms with van der Waals surface area (Å²) in [5.74, 6) is -0.267. The van der Waals surface area contributed by atoms with Crippen LogP contribution in [0.2, 0.25) is 0 Å². The molecule has 7 nitrogen and oxygen atoms in total. The fourth-order valence-corrected chi connectivity index (χ4v) is 2.69. The van der Waals surface area contributed by atoms with E-state index in [1.807, 2.05) is 41.1 Å². The Morgan fingerprint density at radius 2 is 1.96 bits per heavy atom. The van der Waals surface area contributed by atoms with Gasteiger partial charge in [-0.1, -0.05) is 18.2 Å². The number of hydrogen-bond acceptors (Lipinski definition) is 4. The molecule has 3 aromatic heterocycles. The molecule has 1 amide bonds. The summed E-state index contributed by atoms with van der Waals surface area (Å²) in [6.07, 6.45) is 5.16. The van der Waals surface area contributed by atoms with Gasteiger partial charge in [0.1, 0.15) is 12.2 Å². The molecular formula is C18H15N5O2. The number of nitrogens with zero attached hydrogens (tertiary/aromatic N) is 4. The first-order valence-corrected chi connectivity index (χ1v) is 7.84. The molecule has 0 aliphatic heterocycles. The Kier molecular flexibility index (Phi) is 3.74. The molecule has 0 atom stereocenters. The van der Waals surface area contributed by atoms with Gasteiger partial charge in [0.05, 0.1) is 29.5 Å². The maximum Gasteiger partial charge on any atom is 0.261 e. The molecule has 0 unspecified atom stereocenters. The second-order valence-corrected chi connectivity index (χ2v) is 5.67. The lowest BCUT2D eigenvalue weighted by Gasteiger charge is -2.07. The van der Waals surface area contributed by atoms with Gasteiger partial charge in [-0.15, -0.1) is 0 Å². The number of nitrogens with one attached hydrogen (secondary N) is 1. The zero-order valence-corrected chi connectivity index (χ0v) is 13.3. The normalized spacial score (nSPS) is 11.0. The molecular weight excluding hydrogens is 318 g/mol. The molecule has 0 saturated carbocycles. The van der Waals surface area contributed by atoms with E-state index in [0.717, 1.165) is 11.3 Å². The molecule has 0 bridgehead atoms. The third-order valence-electron chi connectivity index (χ3n) is 3.93. The highest BCUT2D eigenvalue weighted by molar-refractivity contribution is 5.78. The second kappa shape index (κ2) is 6.20. The number of fused-ring (bicyclic) bond motifs is 2. The second-order valence-electron chi connectivity index (χ2n) is 5.67. The van der Waals surface area contributed by atoms with Gasteiger partial charge >= 0.3 is 0 Å². The Bertz CT molecular complexity index is 1100. The van der Waals surface area contributed by atoms with Crippen LogP contribution in [0.3, 0.4) is 0 Å². The lowest BCUT2D eigenvalue weighted by molar-refractivity contribution is -0.121. The van der Waals surface area contributed by atoms with E-state index in [1.165, 1.54) is 10.9 Å². The first-order valence-electron chi connectivity index (χ1n) is 7.84. The van der Waals surface area contributed by atoms with Crippen LogP contribution >= 0.6 is 0 Å². The molecule has 0 fully saturated rings. The predicted octanol–water partition coefficient (Wildman–Crippen LogP) is 1.36. The van der Waals surface area contributed by atoms with E-state index < -0.39 is 0 Å². The quantitative estimate of drug-likeness (QED) is 0.611. The molecule has 7 heteroatoms. The highest BCUT2D eigenvalue weighted by atomic mass is 16.2. The molecule has 0 saturated heterocycles. The standard InChI is InChI=1S/C18H15N5O2/c24-17(19-9-13-10-22-8-4-3-7-16(22)21-13)11-23-12-20-15-6-2-1-5-14(15)18(23)25/h1-8,10,12H,9,11H2,(H,19,24). The van der Waals surface area contributed by atoms with Crippen LogP contribution in [0.1, 0.15) is 5.69 Å². The Morgan fingerprint density at radius 1 is 1.12 bits per heavy atom. The molecule has 124 valence electrons. The number of rotatable bonds is 4. The molecule has 0 spiro atoms. The minimum atomic E-state index is -0.267. The summed E-state index contributed by atoms with van der Waals surface area (Å²) in [7, 11) is 0. The Morgan fingerprint density at radius 3 is 2.84 bits per heavy atom. The van der Waals surface area contributed by atoms with Crippen molar-refractivity contribution in [2.75, 3.05) is 0 Å². The third kappa shape index (κ3) is 2.99. The lowest BCUT2D eigenvalue weighted by Crippen LogP contribution is -2.32. The van der Waals surface area contributed by atoms with Crippen molar-refractivity contribution in [3.8, 4) is 0 Å². The molecule has 0 aliphatic carbocycles. The van der Waals surface area contributed by atoms with Crippen molar-refractivity contribution in [3.05, 3.63) is 77.2 Å². The summed E-state index contributed by atoms with van der Waals surface area (Å²) in [4.78, 5) is 33.2. The average Bonchev–Trinajstić information content (AvgIpc) is 3.06. The fraction of sp³-hybridized carbons (Fsp3) is 0.111. The Labute approximate surface area is 142 Å². The first kappa shape index (κ1) is 15.1. The van der Waals surface area contributed by atoms with Crippen molar-refractivity contribution < 1.29 is 4.79 Å². The summed E-state index contributed by atoms with van der Waals surface area (Å²) in [5, 5.41) is 3.28. The average molecular weight is 333 g/mol. The van der Waals surface area contributed by atoms with Crippen molar-refractivity contribution >= 4 is 22.5 Å². The van der Waals surface area contributed by atoms with E-state index in [0.29, 0.717) is 17.4 Å². The fourth-order valence-electron chi connectivity index (χ4n) is 2.69. The maximum atomic E-state index is 12.4. The largest absolute Gasteiger partial charge is 0.349 e. The highest BCUT2D eigenvalue weighted by Gasteiger charge is 2.09. The topological polar surface area (TPSA) is 81.3 Å². The van der Waals surface area contributed by atoms with Crippen LogP contribution in [0.15, 0.2) is 66.0 Å². The van der Waals surface area contributed by atoms with Crippen molar-refractivity contribution in [3.63, 3.8) is 0 Å². The maximum absolute atomic E-state index is 12.4. The third-order valence-corrected chi connectivity index (χ3v) is 3.93. The van der Waals surface area contributed by atoms with E-state index in [4.69, 9.17) is 0 Å². The van der Waals surface area contributed by atoms with Crippen molar-refractivity contribution in [1.82, 2.24) is 24.3 Å². The molecule has 1 aromatic carbocycles. The number of amides is 1. The van der Waals surface area contributed by atoms with Gasteiger partial charge in [-0.05, 0) is 24.3 Å². The van der Waals surface area contributed by atoms with Gasteiger partial charge in [-0.25, -0.2) is 9.97 Å². The van der Waals surface area contributed by atoms with Crippen molar-refractivity contribution in [1.29, 1.82) is 0 Å². The highest BCUT2D eigenvalue weighted by Crippen LogP contribution is 2.05. The summed E-state index contributed by atoms with van der Waals surface area (Å²) in [6, 6.07) is 12.8. The van der Waals surface area contributed by atoms with Gasteiger partial charge in [0.15, 0.2) is 0 Å². The van der Waals surface area contributed by atoms with Gasteiger partial charge in [0.2, 0.25) is 5.91 Å². The zero-order chi connectivity index (χ0) is 17.2. The number of para-hydroxylation sites is 1. The number of pyridine rings is 1. The SMILES string of the molecule is O=C(Cn1cnc2ccccc2c1=O)NCc1cn2ccccc2n1. The monoisotopic (exact) mass is 333 g/mol. The smallest absolute Gasteiger partial charge is 0.261 e. The van der Waals surface area contributed by atoms with Crippen molar-refractivity contribution in [2.45, 2.75) is 13.1 Å². The zero-order valence-electron chi connectivity index (χ0n) is 13.3. The lowest BCUT2D eigenvalue weighted by atomic mass is 10.2. The molecule has 4 aromatic rings. The van der Waals surface area contributed by atoms with Crippen LogP contribution in [0.25, 0.3) is 16.6 Å². The number of carbonyl (C=O) groups excluding carboxylic acids is 1. The Balaban J connectivity index is 1.47. The van der Waals surface area contributed by atoms with E-state index in [9.17, 15) is 9.59 Å². The van der Waals surface area contributed by atoms with Gasteiger partial charge in [0.25, 0.3) is 5.56 Å². The molecule has 3 heterocycles. The van der Waals surface area contributed by atoms with Crippen LogP contribution in [-0.4, -0.2) is 24.8 Å². The van der Waals surface area contributed by atoms with E-state index in [2.05, 4.69) is 15.3 Å². The van der Waals surface area contributed by atoms with Crippen LogP contribution in [0.4, 0.5) is 0 Å². The van der Waals surface area contributed by atoms with Crippen LogP contribution in [0.5, 0.6) is 0 Å². The molecule has 0 aliphatic rings. The van der Waals surface area contributed by atoms with Crippen LogP contribution < -0.4 is 10.9 Å². The van der Waals surface area contributed by atoms with Gasteiger partial charge in [0, 0.05) is 12.4 Å². The van der Waals surface area contributed by atoms with E-state index >= 15 is 0 Å². The van der Waals surface area contributed by atoms with Crippen molar-refractivity contribution in [2.24, 2.45) is 0 Å². The molecule has 25 heavy (non-hydrogen) atoms. The molecule has 0 radical (unpaired) electrons. The summed E-state index contributed by atoms with van der Waals surface area (Å²) < 4.78 is 3.20. The summed E-state index contributed by atoms with van der Waals surface area (Å²) in [6.45, 7) is 0.223. The van der Waals surface area contributed by atoms with Crippen LogP contribution in [-0.2, 0) is 17.9 Å². The van der Waals surface area contributed by atoms with E-state index in [1.54, 1.807) is 18.2 Å². The number of aromatic nitrogens is 4. The van der Waals surface area contributed by atoms with Crippen LogP contribution in [0, 0.1) is 0 Å². The minimum absolute atomic E-state index is 0.0793. The number of benzene rings is 1. The van der Waals surface area contributed by atoms with Gasteiger partial charge in [-0.3, -0.25) is 14.2 Å². The molecule has 4 rings (SSSR count). The summed E-state index contributed by atoms with van der Waals surface area (Å²) >= 11 is 0. The number of hydrogen-bond donors (Lipinski definition) is 1. The van der Waals surface area contributed by atoms with E-state index in [-0.39, 0.29) is 18.0 Å². The van der Waals surface area contributed by atoms with Gasteiger partial charge < -0.3 is 9.72 Å². The first-order chi connectivity index (χ1) is 12.2. The summed E-state index contributed by atoms with van der Waals surface area (Å²) in [5.41, 5.74) is 1.97. The minimum Gasteiger partial charge on any atom is -0.349 e.